The van der Waals surface area contributed by atoms with Crippen LogP contribution in [0.15, 0.2) is 28.9 Å². The van der Waals surface area contributed by atoms with Gasteiger partial charge in [-0.3, -0.25) is 5.41 Å². The lowest BCUT2D eigenvalue weighted by Gasteiger charge is -1.87. The molecule has 0 aliphatic rings. The largest absolute Gasteiger partial charge is 0.421 e. The number of fused-ring (bicyclic) bond motifs is 1. The van der Waals surface area contributed by atoms with Crippen molar-refractivity contribution in [3.8, 4) is 0 Å². The van der Waals surface area contributed by atoms with Crippen molar-refractivity contribution in [2.75, 3.05) is 0 Å². The van der Waals surface area contributed by atoms with Crippen LogP contribution in [0.2, 0.25) is 0 Å². The maximum Gasteiger partial charge on any atom is 0.224 e. The van der Waals surface area contributed by atoms with Gasteiger partial charge in [-0.15, -0.1) is 0 Å². The summed E-state index contributed by atoms with van der Waals surface area (Å²) >= 11 is 0. The third-order valence-corrected chi connectivity index (χ3v) is 1.22. The summed E-state index contributed by atoms with van der Waals surface area (Å²) in [5.41, 5.74) is 0.737. The normalized spacial score (nSPS) is 10.4. The third kappa shape index (κ3) is 0.621. The molecule has 4 heteroatoms. The summed E-state index contributed by atoms with van der Waals surface area (Å²) < 4.78 is 6.54. The molecule has 2 heterocycles. The molecule has 0 radical (unpaired) electrons. The third-order valence-electron chi connectivity index (χ3n) is 1.22. The van der Waals surface area contributed by atoms with Crippen LogP contribution < -0.4 is 5.55 Å². The molecule has 0 aromatic carbocycles. The Balaban J connectivity index is 2.99. The molecule has 0 saturated heterocycles. The van der Waals surface area contributed by atoms with Crippen molar-refractivity contribution in [1.82, 2.24) is 9.61 Å². The molecular formula is C6H5N3O. The number of nitrogens with zero attached hydrogens (tertiary/aromatic N) is 2. The first-order chi connectivity index (χ1) is 4.86. The van der Waals surface area contributed by atoms with Gasteiger partial charge in [0.2, 0.25) is 11.3 Å². The van der Waals surface area contributed by atoms with E-state index in [1.165, 1.54) is 0 Å². The number of rotatable bonds is 0. The van der Waals surface area contributed by atoms with E-state index < -0.39 is 0 Å². The minimum atomic E-state index is 0.146. The topological polar surface area (TPSA) is 54.3 Å². The van der Waals surface area contributed by atoms with Gasteiger partial charge in [0, 0.05) is 18.3 Å². The Kier molecular flexibility index (Phi) is 0.887. The quantitative estimate of drug-likeness (QED) is 0.568. The van der Waals surface area contributed by atoms with E-state index in [0.717, 1.165) is 0 Å². The van der Waals surface area contributed by atoms with Crippen LogP contribution in [0.25, 0.3) is 5.71 Å². The average Bonchev–Trinajstić information content (AvgIpc) is 2.33. The van der Waals surface area contributed by atoms with Gasteiger partial charge in [0.15, 0.2) is 0 Å². The number of aromatic nitrogens is 2. The minimum Gasteiger partial charge on any atom is -0.421 e. The van der Waals surface area contributed by atoms with Crippen molar-refractivity contribution in [2.45, 2.75) is 0 Å². The highest BCUT2D eigenvalue weighted by Gasteiger charge is 1.91. The maximum atomic E-state index is 7.11. The Bertz CT molecular complexity index is 400. The number of nitrogens with one attached hydrogen (secondary N) is 1. The molecule has 2 aromatic heterocycles. The molecule has 0 fully saturated rings. The second kappa shape index (κ2) is 1.70. The molecule has 10 heavy (non-hydrogen) atoms. The van der Waals surface area contributed by atoms with Gasteiger partial charge in [-0.25, -0.2) is 4.52 Å². The first-order valence-electron chi connectivity index (χ1n) is 2.84. The van der Waals surface area contributed by atoms with Crippen LogP contribution in [-0.2, 0) is 0 Å². The molecule has 2 rings (SSSR count). The Morgan fingerprint density at radius 2 is 2.40 bits per heavy atom. The Labute approximate surface area is 56.2 Å². The Morgan fingerprint density at radius 3 is 3.30 bits per heavy atom. The molecule has 0 unspecified atom stereocenters. The van der Waals surface area contributed by atoms with Gasteiger partial charge in [-0.05, 0) is 0 Å². The SMILES string of the molecule is N=c1ccn2nccc2o1. The second-order valence-corrected chi connectivity index (χ2v) is 1.90. The fraction of sp³-hybridized carbons (Fsp3) is 0. The molecule has 0 saturated carbocycles. The number of hydrogen-bond acceptors (Lipinski definition) is 3. The molecular weight excluding hydrogens is 130 g/mol. The molecule has 0 bridgehead atoms. The van der Waals surface area contributed by atoms with Gasteiger partial charge >= 0.3 is 0 Å². The Morgan fingerprint density at radius 1 is 1.50 bits per heavy atom. The van der Waals surface area contributed by atoms with Crippen molar-refractivity contribution < 1.29 is 4.42 Å². The summed E-state index contributed by atoms with van der Waals surface area (Å²) in [7, 11) is 0. The van der Waals surface area contributed by atoms with E-state index in [4.69, 9.17) is 9.83 Å². The molecule has 4 nitrogen and oxygen atoms in total. The van der Waals surface area contributed by atoms with E-state index in [-0.39, 0.29) is 5.55 Å². The summed E-state index contributed by atoms with van der Waals surface area (Å²) in [4.78, 5) is 0. The standard InChI is InChI=1S/C6H5N3O/c7-5-2-4-9-6(10-5)1-3-8-9/h1-4,7H. The zero-order valence-corrected chi connectivity index (χ0v) is 5.11. The van der Waals surface area contributed by atoms with Crippen LogP contribution in [-0.4, -0.2) is 9.61 Å². The molecule has 0 aliphatic carbocycles. The lowest BCUT2D eigenvalue weighted by Crippen LogP contribution is -1.98. The lowest BCUT2D eigenvalue weighted by atomic mass is 10.6. The van der Waals surface area contributed by atoms with E-state index in [9.17, 15) is 0 Å². The number of hydrogen-bond donors (Lipinski definition) is 1. The van der Waals surface area contributed by atoms with E-state index >= 15 is 0 Å². The van der Waals surface area contributed by atoms with Crippen molar-refractivity contribution in [3.63, 3.8) is 0 Å². The summed E-state index contributed by atoms with van der Waals surface area (Å²) in [6.07, 6.45) is 3.30. The molecule has 50 valence electrons. The highest BCUT2D eigenvalue weighted by molar-refractivity contribution is 5.29. The summed E-state index contributed by atoms with van der Waals surface area (Å²) in [6.45, 7) is 0. The highest BCUT2D eigenvalue weighted by atomic mass is 16.3. The molecule has 0 atom stereocenters. The van der Waals surface area contributed by atoms with E-state index in [1.807, 2.05) is 0 Å². The summed E-state index contributed by atoms with van der Waals surface area (Å²) in [5.74, 6) is 0. The second-order valence-electron chi connectivity index (χ2n) is 1.90. The van der Waals surface area contributed by atoms with Gasteiger partial charge in [0.1, 0.15) is 0 Å². The minimum absolute atomic E-state index is 0.146. The van der Waals surface area contributed by atoms with Crippen LogP contribution in [0.5, 0.6) is 0 Å². The van der Waals surface area contributed by atoms with Gasteiger partial charge in [0.25, 0.3) is 0 Å². The van der Waals surface area contributed by atoms with Gasteiger partial charge in [-0.2, -0.15) is 5.10 Å². The van der Waals surface area contributed by atoms with Crippen LogP contribution in [0, 0.1) is 5.41 Å². The van der Waals surface area contributed by atoms with E-state index in [0.29, 0.717) is 5.71 Å². The van der Waals surface area contributed by atoms with Crippen LogP contribution >= 0.6 is 0 Å². The fourth-order valence-corrected chi connectivity index (χ4v) is 0.780. The molecule has 1 N–H and O–H groups in total. The van der Waals surface area contributed by atoms with Crippen LogP contribution in [0.1, 0.15) is 0 Å². The molecule has 0 spiro atoms. The smallest absolute Gasteiger partial charge is 0.224 e. The predicted octanol–water partition coefficient (Wildman–Crippen LogP) is 0.407. The van der Waals surface area contributed by atoms with Gasteiger partial charge < -0.3 is 4.42 Å². The molecule has 0 amide bonds. The van der Waals surface area contributed by atoms with Crippen LogP contribution in [0.4, 0.5) is 0 Å². The monoisotopic (exact) mass is 135 g/mol. The van der Waals surface area contributed by atoms with E-state index in [2.05, 4.69) is 5.10 Å². The van der Waals surface area contributed by atoms with Gasteiger partial charge in [-0.1, -0.05) is 0 Å². The predicted molar refractivity (Wildman–Crippen MR) is 33.3 cm³/mol. The highest BCUT2D eigenvalue weighted by Crippen LogP contribution is 1.94. The Hall–Kier alpha value is -1.58. The van der Waals surface area contributed by atoms with Crippen molar-refractivity contribution >= 4 is 5.71 Å². The van der Waals surface area contributed by atoms with E-state index in [1.54, 1.807) is 29.0 Å². The first-order valence-corrected chi connectivity index (χ1v) is 2.84. The first kappa shape index (κ1) is 5.22. The summed E-state index contributed by atoms with van der Waals surface area (Å²) in [5, 5.41) is 11.0. The fourth-order valence-electron chi connectivity index (χ4n) is 0.780. The van der Waals surface area contributed by atoms with Crippen molar-refractivity contribution in [2.24, 2.45) is 0 Å². The van der Waals surface area contributed by atoms with Crippen molar-refractivity contribution in [3.05, 3.63) is 30.1 Å². The summed E-state index contributed by atoms with van der Waals surface area (Å²) in [6, 6.07) is 3.25. The molecule has 2 aromatic rings. The van der Waals surface area contributed by atoms with Crippen LogP contribution in [0.3, 0.4) is 0 Å². The van der Waals surface area contributed by atoms with Gasteiger partial charge in [0.05, 0.1) is 6.20 Å². The molecule has 0 aliphatic heterocycles. The maximum absolute atomic E-state index is 7.11. The average molecular weight is 135 g/mol. The lowest BCUT2D eigenvalue weighted by molar-refractivity contribution is 0.505. The zero-order chi connectivity index (χ0) is 6.97. The zero-order valence-electron chi connectivity index (χ0n) is 5.11. The van der Waals surface area contributed by atoms with Crippen molar-refractivity contribution in [1.29, 1.82) is 5.41 Å².